The van der Waals surface area contributed by atoms with Crippen molar-refractivity contribution in [3.63, 3.8) is 0 Å². The van der Waals surface area contributed by atoms with Crippen molar-refractivity contribution in [1.29, 1.82) is 0 Å². The molecule has 1 saturated carbocycles. The first-order valence-corrected chi connectivity index (χ1v) is 6.80. The molecule has 0 bridgehead atoms. The fourth-order valence-electron chi connectivity index (χ4n) is 2.63. The average Bonchev–Trinajstić information content (AvgIpc) is 2.27. The van der Waals surface area contributed by atoms with E-state index in [-0.39, 0.29) is 11.9 Å². The molecule has 0 aromatic carbocycles. The maximum atomic E-state index is 11.9. The Balaban J connectivity index is 1.70. The Labute approximate surface area is 98.4 Å². The largest absolute Gasteiger partial charge is 0.354 e. The van der Waals surface area contributed by atoms with Crippen LogP contribution in [0.25, 0.3) is 0 Å². The lowest BCUT2D eigenvalue weighted by atomic mass is 9.85. The maximum absolute atomic E-state index is 11.9. The van der Waals surface area contributed by atoms with Gasteiger partial charge in [-0.25, -0.2) is 0 Å². The molecule has 1 heterocycles. The van der Waals surface area contributed by atoms with E-state index in [1.165, 1.54) is 32.1 Å². The molecule has 2 atom stereocenters. The molecule has 1 aliphatic heterocycles. The summed E-state index contributed by atoms with van der Waals surface area (Å²) in [5.74, 6) is 1.72. The van der Waals surface area contributed by atoms with Gasteiger partial charge in [0.1, 0.15) is 0 Å². The lowest BCUT2D eigenvalue weighted by molar-refractivity contribution is -0.124. The third-order valence-electron chi connectivity index (χ3n) is 4.20. The van der Waals surface area contributed by atoms with E-state index >= 15 is 0 Å². The highest BCUT2D eigenvalue weighted by Crippen LogP contribution is 2.25. The van der Waals surface area contributed by atoms with Crippen LogP contribution < -0.4 is 10.6 Å². The Bertz CT molecular complexity index is 238. The Morgan fingerprint density at radius 2 is 2.12 bits per heavy atom. The maximum Gasteiger partial charge on any atom is 0.237 e. The van der Waals surface area contributed by atoms with Crippen LogP contribution in [0.15, 0.2) is 0 Å². The van der Waals surface area contributed by atoms with E-state index in [4.69, 9.17) is 0 Å². The molecule has 3 nitrogen and oxygen atoms in total. The standard InChI is InChI=1S/C13H24N2O/c1-2-10-6-7-14-12(8-10)13(16)15-9-11-4-3-5-11/h10-12,14H,2-9H2,1H3,(H,15,16). The summed E-state index contributed by atoms with van der Waals surface area (Å²) in [6, 6.07) is 0.0683. The van der Waals surface area contributed by atoms with Crippen LogP contribution in [0.5, 0.6) is 0 Å². The zero-order valence-corrected chi connectivity index (χ0v) is 10.3. The van der Waals surface area contributed by atoms with Crippen LogP contribution in [-0.2, 0) is 4.79 Å². The molecular formula is C13H24N2O. The van der Waals surface area contributed by atoms with Crippen LogP contribution in [0.1, 0.15) is 45.4 Å². The molecule has 2 N–H and O–H groups in total. The van der Waals surface area contributed by atoms with Crippen molar-refractivity contribution < 1.29 is 4.79 Å². The van der Waals surface area contributed by atoms with Crippen molar-refractivity contribution in [2.75, 3.05) is 13.1 Å². The predicted molar refractivity (Wildman–Crippen MR) is 65.2 cm³/mol. The van der Waals surface area contributed by atoms with Gasteiger partial charge in [0.25, 0.3) is 0 Å². The molecule has 2 unspecified atom stereocenters. The van der Waals surface area contributed by atoms with Crippen molar-refractivity contribution >= 4 is 5.91 Å². The molecule has 0 radical (unpaired) electrons. The number of carbonyl (C=O) groups is 1. The number of amides is 1. The SMILES string of the molecule is CCC1CCNC(C(=O)NCC2CCC2)C1. The molecule has 0 aromatic rings. The highest BCUT2D eigenvalue weighted by Gasteiger charge is 2.26. The lowest BCUT2D eigenvalue weighted by Crippen LogP contribution is -2.49. The Morgan fingerprint density at radius 3 is 2.75 bits per heavy atom. The summed E-state index contributed by atoms with van der Waals surface area (Å²) in [5.41, 5.74) is 0. The summed E-state index contributed by atoms with van der Waals surface area (Å²) < 4.78 is 0. The van der Waals surface area contributed by atoms with Gasteiger partial charge in [0.05, 0.1) is 6.04 Å². The smallest absolute Gasteiger partial charge is 0.237 e. The van der Waals surface area contributed by atoms with Crippen LogP contribution >= 0.6 is 0 Å². The van der Waals surface area contributed by atoms with Crippen LogP contribution in [0, 0.1) is 11.8 Å². The molecule has 1 saturated heterocycles. The average molecular weight is 224 g/mol. The highest BCUT2D eigenvalue weighted by molar-refractivity contribution is 5.81. The van der Waals surface area contributed by atoms with Crippen molar-refractivity contribution in [2.45, 2.75) is 51.5 Å². The van der Waals surface area contributed by atoms with Crippen LogP contribution in [0.2, 0.25) is 0 Å². The van der Waals surface area contributed by atoms with Crippen LogP contribution in [0.4, 0.5) is 0 Å². The first-order valence-electron chi connectivity index (χ1n) is 6.80. The molecule has 0 aromatic heterocycles. The summed E-state index contributed by atoms with van der Waals surface area (Å²) >= 11 is 0. The molecule has 2 fully saturated rings. The lowest BCUT2D eigenvalue weighted by Gasteiger charge is -2.30. The molecule has 2 aliphatic rings. The zero-order valence-electron chi connectivity index (χ0n) is 10.3. The number of piperidine rings is 1. The van der Waals surface area contributed by atoms with E-state index in [2.05, 4.69) is 17.6 Å². The van der Waals surface area contributed by atoms with Crippen molar-refractivity contribution in [1.82, 2.24) is 10.6 Å². The van der Waals surface area contributed by atoms with Gasteiger partial charge in [-0.3, -0.25) is 4.79 Å². The Hall–Kier alpha value is -0.570. The van der Waals surface area contributed by atoms with Crippen molar-refractivity contribution in [2.24, 2.45) is 11.8 Å². The van der Waals surface area contributed by atoms with E-state index in [9.17, 15) is 4.79 Å². The quantitative estimate of drug-likeness (QED) is 0.763. The fourth-order valence-corrected chi connectivity index (χ4v) is 2.63. The number of hydrogen-bond donors (Lipinski definition) is 2. The van der Waals surface area contributed by atoms with Crippen molar-refractivity contribution in [3.8, 4) is 0 Å². The third kappa shape index (κ3) is 2.97. The summed E-state index contributed by atoms with van der Waals surface area (Å²) in [4.78, 5) is 11.9. The predicted octanol–water partition coefficient (Wildman–Crippen LogP) is 1.68. The molecule has 2 rings (SSSR count). The van der Waals surface area contributed by atoms with E-state index in [0.717, 1.165) is 31.3 Å². The minimum atomic E-state index is 0.0683. The van der Waals surface area contributed by atoms with Gasteiger partial charge in [0.2, 0.25) is 5.91 Å². The molecule has 1 amide bonds. The number of hydrogen-bond acceptors (Lipinski definition) is 2. The molecule has 1 aliphatic carbocycles. The topological polar surface area (TPSA) is 41.1 Å². The fraction of sp³-hybridized carbons (Fsp3) is 0.923. The zero-order chi connectivity index (χ0) is 11.4. The second kappa shape index (κ2) is 5.67. The van der Waals surface area contributed by atoms with E-state index < -0.39 is 0 Å². The first-order chi connectivity index (χ1) is 7.79. The van der Waals surface area contributed by atoms with E-state index in [1.807, 2.05) is 0 Å². The minimum Gasteiger partial charge on any atom is -0.354 e. The summed E-state index contributed by atoms with van der Waals surface area (Å²) in [7, 11) is 0. The normalized spacial score (nSPS) is 30.8. The second-order valence-corrected chi connectivity index (χ2v) is 5.35. The van der Waals surface area contributed by atoms with Gasteiger partial charge in [-0.1, -0.05) is 19.8 Å². The number of carbonyl (C=O) groups excluding carboxylic acids is 1. The molecule has 92 valence electrons. The third-order valence-corrected chi connectivity index (χ3v) is 4.20. The molecule has 16 heavy (non-hydrogen) atoms. The Kier molecular flexibility index (Phi) is 4.22. The van der Waals surface area contributed by atoms with Gasteiger partial charge in [0.15, 0.2) is 0 Å². The monoisotopic (exact) mass is 224 g/mol. The minimum absolute atomic E-state index is 0.0683. The number of nitrogens with one attached hydrogen (secondary N) is 2. The van der Waals surface area contributed by atoms with Crippen molar-refractivity contribution in [3.05, 3.63) is 0 Å². The van der Waals surface area contributed by atoms with Crippen LogP contribution in [-0.4, -0.2) is 25.0 Å². The van der Waals surface area contributed by atoms with Gasteiger partial charge >= 0.3 is 0 Å². The van der Waals surface area contributed by atoms with E-state index in [0.29, 0.717) is 0 Å². The summed E-state index contributed by atoms with van der Waals surface area (Å²) in [6.07, 6.45) is 7.40. The Morgan fingerprint density at radius 1 is 1.31 bits per heavy atom. The van der Waals surface area contributed by atoms with Gasteiger partial charge in [-0.15, -0.1) is 0 Å². The highest BCUT2D eigenvalue weighted by atomic mass is 16.2. The first kappa shape index (κ1) is 11.9. The molecule has 3 heteroatoms. The second-order valence-electron chi connectivity index (χ2n) is 5.35. The van der Waals surface area contributed by atoms with Gasteiger partial charge in [-0.05, 0) is 44.1 Å². The number of rotatable bonds is 4. The molecule has 0 spiro atoms. The van der Waals surface area contributed by atoms with Gasteiger partial charge < -0.3 is 10.6 Å². The summed E-state index contributed by atoms with van der Waals surface area (Å²) in [6.45, 7) is 4.12. The van der Waals surface area contributed by atoms with Crippen LogP contribution in [0.3, 0.4) is 0 Å². The summed E-state index contributed by atoms with van der Waals surface area (Å²) in [5, 5.41) is 6.43. The molecular weight excluding hydrogens is 200 g/mol. The van der Waals surface area contributed by atoms with E-state index in [1.54, 1.807) is 0 Å². The van der Waals surface area contributed by atoms with Gasteiger partial charge in [0, 0.05) is 6.54 Å². The van der Waals surface area contributed by atoms with Gasteiger partial charge in [-0.2, -0.15) is 0 Å².